The molecule has 2 N–H and O–H groups in total. The maximum atomic E-state index is 11.1. The molecule has 0 saturated carbocycles. The summed E-state index contributed by atoms with van der Waals surface area (Å²) in [5.41, 5.74) is 0. The molecule has 0 heterocycles. The smallest absolute Gasteiger partial charge is 0.790 e. The predicted molar refractivity (Wildman–Crippen MR) is 98.6 cm³/mol. The molecule has 0 saturated heterocycles. The van der Waals surface area contributed by atoms with Gasteiger partial charge in [-0.25, -0.2) is 9.59 Å². The van der Waals surface area contributed by atoms with Gasteiger partial charge in [-0.15, -0.1) is 0 Å². The molecular formula is C18H33Na2O8P. The number of rotatable bonds is 15. The average molecular weight is 454 g/mol. The first-order valence-electron chi connectivity index (χ1n) is 9.49. The van der Waals surface area contributed by atoms with Gasteiger partial charge in [-0.05, 0) is 6.42 Å². The number of unbranched alkanes of at least 4 members (excludes halogenated alkanes) is 11. The molecule has 0 bridgehead atoms. The summed E-state index contributed by atoms with van der Waals surface area (Å²) in [5, 5.41) is 8.35. The fourth-order valence-corrected chi connectivity index (χ4v) is 2.30. The third-order valence-corrected chi connectivity index (χ3v) is 3.60. The zero-order valence-corrected chi connectivity index (χ0v) is 23.0. The Labute approximate surface area is 218 Å². The van der Waals surface area contributed by atoms with Crippen LogP contribution >= 0.6 is 7.82 Å². The van der Waals surface area contributed by atoms with E-state index in [1.54, 1.807) is 0 Å². The summed E-state index contributed by atoms with van der Waals surface area (Å²) >= 11 is 0. The summed E-state index contributed by atoms with van der Waals surface area (Å²) in [5.74, 6) is -1.72. The van der Waals surface area contributed by atoms with E-state index in [1.165, 1.54) is 64.2 Å². The zero-order chi connectivity index (χ0) is 21.0. The van der Waals surface area contributed by atoms with Crippen LogP contribution in [0.2, 0.25) is 0 Å². The van der Waals surface area contributed by atoms with Crippen LogP contribution in [0.4, 0.5) is 0 Å². The Hall–Kier alpha value is 0.790. The molecule has 0 aromatic rings. The number of ether oxygens (including phenoxy) is 1. The molecule has 0 rings (SSSR count). The van der Waals surface area contributed by atoms with Gasteiger partial charge < -0.3 is 29.1 Å². The van der Waals surface area contributed by atoms with Crippen LogP contribution in [0.5, 0.6) is 0 Å². The van der Waals surface area contributed by atoms with Crippen LogP contribution in [0.3, 0.4) is 0 Å². The van der Waals surface area contributed by atoms with Gasteiger partial charge in [0.25, 0.3) is 0 Å². The number of hydrogen-bond acceptors (Lipinski definition) is 6. The van der Waals surface area contributed by atoms with E-state index in [1.807, 2.05) is 0 Å². The Morgan fingerprint density at radius 1 is 0.828 bits per heavy atom. The van der Waals surface area contributed by atoms with Crippen molar-refractivity contribution in [2.24, 2.45) is 0 Å². The first-order chi connectivity index (χ1) is 12.7. The van der Waals surface area contributed by atoms with Gasteiger partial charge in [0.2, 0.25) is 0 Å². The van der Waals surface area contributed by atoms with Gasteiger partial charge in [-0.3, -0.25) is 0 Å². The van der Waals surface area contributed by atoms with Crippen LogP contribution in [0.1, 0.15) is 84.0 Å². The minimum atomic E-state index is -5.14. The van der Waals surface area contributed by atoms with Crippen molar-refractivity contribution in [3.63, 3.8) is 0 Å². The molecule has 0 spiro atoms. The van der Waals surface area contributed by atoms with E-state index in [9.17, 15) is 9.59 Å². The topological polar surface area (TPSA) is 147 Å². The molecule has 0 amide bonds. The van der Waals surface area contributed by atoms with Crippen LogP contribution in [-0.4, -0.2) is 28.5 Å². The molecule has 0 aromatic carbocycles. The van der Waals surface area contributed by atoms with Gasteiger partial charge >= 0.3 is 71.1 Å². The first kappa shape index (κ1) is 37.1. The third-order valence-electron chi connectivity index (χ3n) is 3.60. The van der Waals surface area contributed by atoms with Gasteiger partial charge in [-0.1, -0.05) is 77.6 Å². The molecular weight excluding hydrogens is 421 g/mol. The standard InChI is InChI=1S/C18H32O4.2Na.H3O4P/c1-2-3-4-5-6-7-8-9-10-11-12-13-16-22-18(21)15-14-17(19)20;;;1-5(2,3)4/h14-15H,2-13,16H2,1H3,(H,19,20);;;(H3,1,2,3,4)/q;2*+1;/p-2/b15-14-;;;. The molecule has 160 valence electrons. The van der Waals surface area contributed by atoms with E-state index >= 15 is 0 Å². The van der Waals surface area contributed by atoms with E-state index in [4.69, 9.17) is 29.1 Å². The van der Waals surface area contributed by atoms with Crippen LogP contribution in [0.15, 0.2) is 12.2 Å². The van der Waals surface area contributed by atoms with E-state index in [0.29, 0.717) is 6.61 Å². The second-order valence-electron chi connectivity index (χ2n) is 6.20. The van der Waals surface area contributed by atoms with Crippen LogP contribution in [-0.2, 0) is 18.9 Å². The molecule has 0 aromatic heterocycles. The monoisotopic (exact) mass is 454 g/mol. The fraction of sp³-hybridized carbons (Fsp3) is 0.778. The Kier molecular flexibility index (Phi) is 34.3. The van der Waals surface area contributed by atoms with Crippen molar-refractivity contribution < 1.29 is 97.8 Å². The van der Waals surface area contributed by atoms with Crippen LogP contribution in [0.25, 0.3) is 0 Å². The SMILES string of the molecule is CCCCCCCCCCCCCCOC(=O)/C=C\C(=O)O.O=P([O-])([O-])O.[Na+].[Na+]. The Morgan fingerprint density at radius 2 is 1.17 bits per heavy atom. The first-order valence-corrected chi connectivity index (χ1v) is 11.0. The van der Waals surface area contributed by atoms with Crippen molar-refractivity contribution >= 4 is 19.8 Å². The summed E-state index contributed by atoms with van der Waals surface area (Å²) in [4.78, 5) is 45.6. The Bertz CT molecular complexity index is 447. The number of aliphatic carboxylic acids is 1. The number of carbonyl (C=O) groups excluding carboxylic acids is 1. The number of hydrogen-bond donors (Lipinski definition) is 2. The van der Waals surface area contributed by atoms with Crippen LogP contribution in [0, 0.1) is 0 Å². The van der Waals surface area contributed by atoms with Crippen molar-refractivity contribution in [1.29, 1.82) is 0 Å². The summed E-state index contributed by atoms with van der Waals surface area (Å²) < 4.78 is 13.6. The van der Waals surface area contributed by atoms with Crippen molar-refractivity contribution in [3.05, 3.63) is 12.2 Å². The van der Waals surface area contributed by atoms with Crippen LogP contribution < -0.4 is 68.9 Å². The van der Waals surface area contributed by atoms with E-state index in [0.717, 1.165) is 25.0 Å². The maximum absolute atomic E-state index is 11.1. The zero-order valence-electron chi connectivity index (χ0n) is 18.1. The third kappa shape index (κ3) is 47.8. The second-order valence-corrected chi connectivity index (χ2v) is 7.13. The summed E-state index contributed by atoms with van der Waals surface area (Å²) in [7, 11) is -5.14. The molecule has 0 aliphatic rings. The minimum Gasteiger partial charge on any atom is -0.790 e. The van der Waals surface area contributed by atoms with Gasteiger partial charge in [0, 0.05) is 12.2 Å². The summed E-state index contributed by atoms with van der Waals surface area (Å²) in [6.45, 7) is 2.62. The summed E-state index contributed by atoms with van der Waals surface area (Å²) in [6, 6.07) is 0. The molecule has 0 radical (unpaired) electrons. The Balaban J connectivity index is -0.000000396. The minimum absolute atomic E-state index is 0. The molecule has 0 unspecified atom stereocenters. The van der Waals surface area contributed by atoms with Gasteiger partial charge in [0.15, 0.2) is 0 Å². The van der Waals surface area contributed by atoms with E-state index < -0.39 is 19.8 Å². The quantitative estimate of drug-likeness (QED) is 0.0860. The Morgan fingerprint density at radius 3 is 1.52 bits per heavy atom. The number of carboxylic acids is 1. The van der Waals surface area contributed by atoms with Crippen molar-refractivity contribution in [3.8, 4) is 0 Å². The molecule has 29 heavy (non-hydrogen) atoms. The molecule has 0 atom stereocenters. The number of carbonyl (C=O) groups is 2. The van der Waals surface area contributed by atoms with Gasteiger partial charge in [-0.2, -0.15) is 0 Å². The van der Waals surface area contributed by atoms with Gasteiger partial charge in [0.1, 0.15) is 0 Å². The number of phosphoric acid groups is 1. The summed E-state index contributed by atoms with van der Waals surface area (Å²) in [6.07, 6.45) is 16.9. The largest absolute Gasteiger partial charge is 1.00 e. The van der Waals surface area contributed by atoms with Crippen molar-refractivity contribution in [2.75, 3.05) is 6.61 Å². The predicted octanol–water partition coefficient (Wildman–Crippen LogP) is -3.31. The van der Waals surface area contributed by atoms with Crippen molar-refractivity contribution in [2.45, 2.75) is 84.0 Å². The maximum Gasteiger partial charge on any atom is 1.00 e. The molecule has 0 aliphatic heterocycles. The second kappa shape index (κ2) is 26.8. The number of carboxylic acid groups (broad SMARTS) is 1. The molecule has 11 heteroatoms. The van der Waals surface area contributed by atoms with E-state index in [2.05, 4.69) is 6.92 Å². The molecule has 8 nitrogen and oxygen atoms in total. The van der Waals surface area contributed by atoms with Gasteiger partial charge in [0.05, 0.1) is 14.4 Å². The average Bonchev–Trinajstić information content (AvgIpc) is 2.55. The molecule has 0 aliphatic carbocycles. The fourth-order valence-electron chi connectivity index (χ4n) is 2.30. The van der Waals surface area contributed by atoms with Crippen molar-refractivity contribution in [1.82, 2.24) is 0 Å². The normalized spacial score (nSPS) is 10.3. The van der Waals surface area contributed by atoms with E-state index in [-0.39, 0.29) is 59.1 Å². The number of esters is 1. The molecule has 0 fully saturated rings.